The lowest BCUT2D eigenvalue weighted by Gasteiger charge is -2.09. The Hall–Kier alpha value is -1.94. The molecule has 4 nitrogen and oxygen atoms in total. The van der Waals surface area contributed by atoms with E-state index >= 15 is 0 Å². The number of hydrogen-bond donors (Lipinski definition) is 1. The maximum Gasteiger partial charge on any atom is 0.219 e. The lowest BCUT2D eigenvalue weighted by molar-refractivity contribution is 0.456. The molecule has 4 heteroatoms. The minimum absolute atomic E-state index is 0.189. The second-order valence-corrected chi connectivity index (χ2v) is 4.57. The zero-order valence-corrected chi connectivity index (χ0v) is 11.3. The van der Waals surface area contributed by atoms with E-state index in [9.17, 15) is 0 Å². The fourth-order valence-electron chi connectivity index (χ4n) is 1.73. The first-order chi connectivity index (χ1) is 9.19. The average Bonchev–Trinajstić information content (AvgIpc) is 2.43. The lowest BCUT2D eigenvalue weighted by Crippen LogP contribution is -2.21. The fourth-order valence-corrected chi connectivity index (χ4v) is 1.73. The number of aryl methyl sites for hydroxylation is 1. The summed E-state index contributed by atoms with van der Waals surface area (Å²) in [6, 6.07) is 7.78. The summed E-state index contributed by atoms with van der Waals surface area (Å²) in [5.41, 5.74) is 7.90. The molecule has 0 aliphatic rings. The van der Waals surface area contributed by atoms with Crippen molar-refractivity contribution in [3.05, 3.63) is 47.9 Å². The number of aromatic nitrogens is 2. The summed E-state index contributed by atoms with van der Waals surface area (Å²) in [5.74, 6) is 1.30. The molecule has 2 aromatic heterocycles. The molecule has 0 saturated carbocycles. The van der Waals surface area contributed by atoms with Crippen LogP contribution in [0.5, 0.6) is 11.6 Å². The highest BCUT2D eigenvalue weighted by atomic mass is 16.5. The van der Waals surface area contributed by atoms with Crippen LogP contribution in [-0.2, 0) is 6.42 Å². The third-order valence-corrected chi connectivity index (χ3v) is 2.99. The molecule has 0 bridgehead atoms. The Morgan fingerprint density at radius 1 is 1.26 bits per heavy atom. The molecule has 0 radical (unpaired) electrons. The summed E-state index contributed by atoms with van der Waals surface area (Å²) >= 11 is 0. The highest BCUT2D eigenvalue weighted by Crippen LogP contribution is 2.21. The third-order valence-electron chi connectivity index (χ3n) is 2.99. The molecule has 1 unspecified atom stereocenters. The van der Waals surface area contributed by atoms with E-state index in [1.54, 1.807) is 6.20 Å². The van der Waals surface area contributed by atoms with Gasteiger partial charge in [-0.2, -0.15) is 0 Å². The van der Waals surface area contributed by atoms with Crippen molar-refractivity contribution in [3.63, 3.8) is 0 Å². The van der Waals surface area contributed by atoms with E-state index in [0.29, 0.717) is 5.88 Å². The van der Waals surface area contributed by atoms with Gasteiger partial charge in [0.15, 0.2) is 5.75 Å². The first kappa shape index (κ1) is 13.5. The zero-order valence-electron chi connectivity index (χ0n) is 11.3. The molecule has 1 atom stereocenters. The van der Waals surface area contributed by atoms with E-state index in [-0.39, 0.29) is 6.04 Å². The van der Waals surface area contributed by atoms with Gasteiger partial charge in [0, 0.05) is 24.5 Å². The standard InChI is InChI=1S/C15H19N3O/c1-3-13(16)9-12-6-7-15(18-10-12)19-14-5-4-8-17-11(14)2/h4-8,10,13H,3,9,16H2,1-2H3. The molecule has 2 heterocycles. The summed E-state index contributed by atoms with van der Waals surface area (Å²) < 4.78 is 5.69. The Labute approximate surface area is 113 Å². The molecule has 2 N–H and O–H groups in total. The van der Waals surface area contributed by atoms with E-state index in [2.05, 4.69) is 16.9 Å². The Morgan fingerprint density at radius 2 is 2.11 bits per heavy atom. The highest BCUT2D eigenvalue weighted by Gasteiger charge is 2.05. The smallest absolute Gasteiger partial charge is 0.219 e. The SMILES string of the molecule is CCC(N)Cc1ccc(Oc2cccnc2C)nc1. The highest BCUT2D eigenvalue weighted by molar-refractivity contribution is 5.30. The van der Waals surface area contributed by atoms with Crippen molar-refractivity contribution in [3.8, 4) is 11.6 Å². The van der Waals surface area contributed by atoms with Crippen LogP contribution in [0, 0.1) is 6.92 Å². The molecule has 0 fully saturated rings. The van der Waals surface area contributed by atoms with Gasteiger partial charge < -0.3 is 10.5 Å². The van der Waals surface area contributed by atoms with Crippen molar-refractivity contribution in [2.24, 2.45) is 5.73 Å². The zero-order chi connectivity index (χ0) is 13.7. The van der Waals surface area contributed by atoms with Crippen molar-refractivity contribution >= 4 is 0 Å². The molecule has 100 valence electrons. The summed E-state index contributed by atoms with van der Waals surface area (Å²) in [5, 5.41) is 0. The van der Waals surface area contributed by atoms with Crippen LogP contribution in [0.25, 0.3) is 0 Å². The molecule has 2 rings (SSSR count). The number of pyridine rings is 2. The van der Waals surface area contributed by atoms with Gasteiger partial charge in [0.1, 0.15) is 0 Å². The molecule has 0 aliphatic heterocycles. The first-order valence-corrected chi connectivity index (χ1v) is 6.49. The van der Waals surface area contributed by atoms with E-state index in [1.807, 2.05) is 37.4 Å². The largest absolute Gasteiger partial charge is 0.437 e. The minimum atomic E-state index is 0.189. The van der Waals surface area contributed by atoms with Crippen LogP contribution in [0.2, 0.25) is 0 Å². The van der Waals surface area contributed by atoms with Crippen LogP contribution in [0.1, 0.15) is 24.6 Å². The Morgan fingerprint density at radius 3 is 2.74 bits per heavy atom. The van der Waals surface area contributed by atoms with Crippen molar-refractivity contribution in [2.75, 3.05) is 0 Å². The number of hydrogen-bond acceptors (Lipinski definition) is 4. The summed E-state index contributed by atoms with van der Waals surface area (Å²) in [6.45, 7) is 3.99. The topological polar surface area (TPSA) is 61.0 Å². The predicted octanol–water partition coefficient (Wildman–Crippen LogP) is 2.86. The minimum Gasteiger partial charge on any atom is -0.437 e. The molecule has 0 saturated heterocycles. The van der Waals surface area contributed by atoms with Crippen molar-refractivity contribution in [1.29, 1.82) is 0 Å². The first-order valence-electron chi connectivity index (χ1n) is 6.49. The molecule has 0 spiro atoms. The second kappa shape index (κ2) is 6.29. The van der Waals surface area contributed by atoms with Crippen LogP contribution >= 0.6 is 0 Å². The Kier molecular flexibility index (Phi) is 4.47. The van der Waals surface area contributed by atoms with Crippen LogP contribution in [-0.4, -0.2) is 16.0 Å². The van der Waals surface area contributed by atoms with Gasteiger partial charge in [-0.3, -0.25) is 4.98 Å². The van der Waals surface area contributed by atoms with E-state index in [0.717, 1.165) is 29.8 Å². The number of ether oxygens (including phenoxy) is 1. The molecule has 2 aromatic rings. The molecule has 0 aromatic carbocycles. The quantitative estimate of drug-likeness (QED) is 0.894. The van der Waals surface area contributed by atoms with Crippen LogP contribution in [0.3, 0.4) is 0 Å². The van der Waals surface area contributed by atoms with Gasteiger partial charge in [-0.1, -0.05) is 13.0 Å². The molecule has 19 heavy (non-hydrogen) atoms. The van der Waals surface area contributed by atoms with Gasteiger partial charge in [0.05, 0.1) is 5.69 Å². The molecule has 0 amide bonds. The van der Waals surface area contributed by atoms with E-state index in [4.69, 9.17) is 10.5 Å². The third kappa shape index (κ3) is 3.76. The Balaban J connectivity index is 2.05. The second-order valence-electron chi connectivity index (χ2n) is 4.57. The summed E-state index contributed by atoms with van der Waals surface area (Å²) in [6.07, 6.45) is 5.37. The fraction of sp³-hybridized carbons (Fsp3) is 0.333. The molecular weight excluding hydrogens is 238 g/mol. The van der Waals surface area contributed by atoms with Gasteiger partial charge in [0.25, 0.3) is 0 Å². The summed E-state index contributed by atoms with van der Waals surface area (Å²) in [7, 11) is 0. The van der Waals surface area contributed by atoms with Crippen LogP contribution < -0.4 is 10.5 Å². The monoisotopic (exact) mass is 257 g/mol. The summed E-state index contributed by atoms with van der Waals surface area (Å²) in [4.78, 5) is 8.47. The van der Waals surface area contributed by atoms with Gasteiger partial charge in [-0.25, -0.2) is 4.98 Å². The average molecular weight is 257 g/mol. The number of nitrogens with zero attached hydrogens (tertiary/aromatic N) is 2. The predicted molar refractivity (Wildman–Crippen MR) is 75.3 cm³/mol. The number of rotatable bonds is 5. The van der Waals surface area contributed by atoms with Gasteiger partial charge >= 0.3 is 0 Å². The van der Waals surface area contributed by atoms with Crippen molar-refractivity contribution in [1.82, 2.24) is 9.97 Å². The van der Waals surface area contributed by atoms with E-state index < -0.39 is 0 Å². The van der Waals surface area contributed by atoms with E-state index in [1.165, 1.54) is 0 Å². The van der Waals surface area contributed by atoms with Crippen molar-refractivity contribution < 1.29 is 4.74 Å². The number of nitrogens with two attached hydrogens (primary N) is 1. The maximum absolute atomic E-state index is 5.92. The maximum atomic E-state index is 5.92. The van der Waals surface area contributed by atoms with Gasteiger partial charge in [-0.15, -0.1) is 0 Å². The molecular formula is C15H19N3O. The van der Waals surface area contributed by atoms with Gasteiger partial charge in [-0.05, 0) is 37.5 Å². The normalized spacial score (nSPS) is 12.2. The van der Waals surface area contributed by atoms with Gasteiger partial charge in [0.2, 0.25) is 5.88 Å². The van der Waals surface area contributed by atoms with Crippen molar-refractivity contribution in [2.45, 2.75) is 32.7 Å². The Bertz CT molecular complexity index is 525. The van der Waals surface area contributed by atoms with Crippen LogP contribution in [0.15, 0.2) is 36.7 Å². The lowest BCUT2D eigenvalue weighted by atomic mass is 10.1. The molecule has 0 aliphatic carbocycles. The van der Waals surface area contributed by atoms with Crippen LogP contribution in [0.4, 0.5) is 0 Å².